The maximum absolute atomic E-state index is 12.4. The third-order valence-corrected chi connectivity index (χ3v) is 4.74. The molecule has 0 aliphatic carbocycles. The van der Waals surface area contributed by atoms with Crippen molar-refractivity contribution in [1.82, 2.24) is 10.2 Å². The van der Waals surface area contributed by atoms with Gasteiger partial charge in [0.05, 0.1) is 0 Å². The van der Waals surface area contributed by atoms with Crippen LogP contribution in [0.4, 0.5) is 0 Å². The number of rotatable bonds is 4. The van der Waals surface area contributed by atoms with Gasteiger partial charge in [0.25, 0.3) is 0 Å². The van der Waals surface area contributed by atoms with Crippen molar-refractivity contribution in [2.45, 2.75) is 46.1 Å². The van der Waals surface area contributed by atoms with E-state index in [0.29, 0.717) is 12.3 Å². The van der Waals surface area contributed by atoms with Crippen molar-refractivity contribution in [2.24, 2.45) is 5.41 Å². The SMILES string of the molecule is CNC(CN1CCC(C)(C)CCC1=O)c1ccccc1C. The number of benzene rings is 1. The Morgan fingerprint density at radius 3 is 2.67 bits per heavy atom. The second-order valence-electron chi connectivity index (χ2n) is 6.95. The molecule has 3 nitrogen and oxygen atoms in total. The van der Waals surface area contributed by atoms with Gasteiger partial charge in [0.15, 0.2) is 0 Å². The molecule has 1 heterocycles. The fraction of sp³-hybridized carbons (Fsp3) is 0.611. The van der Waals surface area contributed by atoms with Gasteiger partial charge in [0.2, 0.25) is 5.91 Å². The van der Waals surface area contributed by atoms with Crippen LogP contribution in [0.15, 0.2) is 24.3 Å². The lowest BCUT2D eigenvalue weighted by Crippen LogP contribution is -2.38. The van der Waals surface area contributed by atoms with E-state index in [0.717, 1.165) is 25.9 Å². The van der Waals surface area contributed by atoms with Gasteiger partial charge in [0.1, 0.15) is 0 Å². The van der Waals surface area contributed by atoms with Crippen LogP contribution in [0.1, 0.15) is 50.3 Å². The van der Waals surface area contributed by atoms with Crippen LogP contribution in [-0.2, 0) is 4.79 Å². The third-order valence-electron chi connectivity index (χ3n) is 4.74. The number of carbonyl (C=O) groups is 1. The van der Waals surface area contributed by atoms with E-state index in [9.17, 15) is 4.79 Å². The zero-order valence-electron chi connectivity index (χ0n) is 13.8. The second-order valence-corrected chi connectivity index (χ2v) is 6.95. The van der Waals surface area contributed by atoms with Gasteiger partial charge in [-0.2, -0.15) is 0 Å². The molecule has 1 unspecified atom stereocenters. The summed E-state index contributed by atoms with van der Waals surface area (Å²) in [6, 6.07) is 8.62. The summed E-state index contributed by atoms with van der Waals surface area (Å²) in [6.45, 7) is 8.29. The minimum Gasteiger partial charge on any atom is -0.341 e. The van der Waals surface area contributed by atoms with E-state index in [4.69, 9.17) is 0 Å². The Morgan fingerprint density at radius 2 is 2.00 bits per heavy atom. The highest BCUT2D eigenvalue weighted by Gasteiger charge is 2.28. The van der Waals surface area contributed by atoms with Gasteiger partial charge >= 0.3 is 0 Å². The quantitative estimate of drug-likeness (QED) is 0.922. The summed E-state index contributed by atoms with van der Waals surface area (Å²) in [5.74, 6) is 0.300. The lowest BCUT2D eigenvalue weighted by Gasteiger charge is -2.28. The van der Waals surface area contributed by atoms with Crippen molar-refractivity contribution in [2.75, 3.05) is 20.1 Å². The Bertz CT molecular complexity index is 496. The predicted octanol–water partition coefficient (Wildman–Crippen LogP) is 3.29. The number of likely N-dealkylation sites (tertiary alicyclic amines) is 1. The van der Waals surface area contributed by atoms with E-state index < -0.39 is 0 Å². The largest absolute Gasteiger partial charge is 0.341 e. The minimum atomic E-state index is 0.205. The molecule has 1 aromatic carbocycles. The molecule has 1 amide bonds. The molecular weight excluding hydrogens is 260 g/mol. The summed E-state index contributed by atoms with van der Waals surface area (Å²) in [5.41, 5.74) is 2.85. The first-order valence-electron chi connectivity index (χ1n) is 7.93. The zero-order valence-corrected chi connectivity index (χ0v) is 13.8. The van der Waals surface area contributed by atoms with E-state index in [-0.39, 0.29) is 11.5 Å². The number of amides is 1. The molecule has 0 bridgehead atoms. The first-order chi connectivity index (χ1) is 9.93. The first kappa shape index (κ1) is 16.0. The van der Waals surface area contributed by atoms with Gasteiger partial charge in [-0.05, 0) is 43.4 Å². The summed E-state index contributed by atoms with van der Waals surface area (Å²) in [7, 11) is 1.98. The average Bonchev–Trinajstić information content (AvgIpc) is 2.58. The number of hydrogen-bond acceptors (Lipinski definition) is 2. The zero-order chi connectivity index (χ0) is 15.5. The fourth-order valence-electron chi connectivity index (χ4n) is 3.03. The monoisotopic (exact) mass is 288 g/mol. The molecule has 1 aromatic rings. The molecule has 3 heteroatoms. The van der Waals surface area contributed by atoms with Crippen molar-refractivity contribution in [1.29, 1.82) is 0 Å². The molecule has 1 aliphatic rings. The van der Waals surface area contributed by atoms with E-state index >= 15 is 0 Å². The minimum absolute atomic E-state index is 0.205. The molecule has 2 rings (SSSR count). The smallest absolute Gasteiger partial charge is 0.222 e. The molecule has 1 atom stereocenters. The van der Waals surface area contributed by atoms with Crippen LogP contribution in [0.25, 0.3) is 0 Å². The molecule has 1 N–H and O–H groups in total. The summed E-state index contributed by atoms with van der Waals surface area (Å²) in [5, 5.41) is 3.37. The number of nitrogens with one attached hydrogen (secondary N) is 1. The van der Waals surface area contributed by atoms with Crippen molar-refractivity contribution in [3.8, 4) is 0 Å². The Balaban J connectivity index is 2.11. The maximum Gasteiger partial charge on any atom is 0.222 e. The van der Waals surface area contributed by atoms with Gasteiger partial charge in [0, 0.05) is 25.6 Å². The molecule has 0 radical (unpaired) electrons. The van der Waals surface area contributed by atoms with Crippen molar-refractivity contribution < 1.29 is 4.79 Å². The number of carbonyl (C=O) groups excluding carboxylic acids is 1. The Morgan fingerprint density at radius 1 is 1.29 bits per heavy atom. The third kappa shape index (κ3) is 4.07. The number of nitrogens with zero attached hydrogens (tertiary/aromatic N) is 1. The van der Waals surface area contributed by atoms with Gasteiger partial charge in [-0.15, -0.1) is 0 Å². The summed E-state index contributed by atoms with van der Waals surface area (Å²) in [6.07, 6.45) is 2.76. The summed E-state index contributed by atoms with van der Waals surface area (Å²) < 4.78 is 0. The average molecular weight is 288 g/mol. The van der Waals surface area contributed by atoms with E-state index in [2.05, 4.69) is 50.4 Å². The summed E-state index contributed by atoms with van der Waals surface area (Å²) in [4.78, 5) is 14.4. The predicted molar refractivity (Wildman–Crippen MR) is 87.2 cm³/mol. The van der Waals surface area contributed by atoms with Crippen LogP contribution in [0.5, 0.6) is 0 Å². The summed E-state index contributed by atoms with van der Waals surface area (Å²) >= 11 is 0. The molecule has 0 aromatic heterocycles. The van der Waals surface area contributed by atoms with Crippen LogP contribution in [-0.4, -0.2) is 30.9 Å². The molecule has 1 saturated heterocycles. The standard InChI is InChI=1S/C18H28N2O/c1-14-7-5-6-8-15(14)16(19-4)13-20-12-11-18(2,3)10-9-17(20)21/h5-8,16,19H,9-13H2,1-4H3. The highest BCUT2D eigenvalue weighted by Crippen LogP contribution is 2.31. The van der Waals surface area contributed by atoms with Crippen molar-refractivity contribution in [3.05, 3.63) is 35.4 Å². The Hall–Kier alpha value is -1.35. The topological polar surface area (TPSA) is 32.3 Å². The van der Waals surface area contributed by atoms with Crippen LogP contribution < -0.4 is 5.32 Å². The molecule has 1 fully saturated rings. The van der Waals surface area contributed by atoms with Gasteiger partial charge in [-0.3, -0.25) is 4.79 Å². The fourth-order valence-corrected chi connectivity index (χ4v) is 3.03. The second kappa shape index (κ2) is 6.61. The molecule has 21 heavy (non-hydrogen) atoms. The van der Waals surface area contributed by atoms with Crippen LogP contribution in [0.2, 0.25) is 0 Å². The lowest BCUT2D eigenvalue weighted by molar-refractivity contribution is -0.131. The Kier molecular flexibility index (Phi) is 5.04. The highest BCUT2D eigenvalue weighted by molar-refractivity contribution is 5.76. The lowest BCUT2D eigenvalue weighted by atomic mass is 9.85. The van der Waals surface area contributed by atoms with E-state index in [1.807, 2.05) is 11.9 Å². The van der Waals surface area contributed by atoms with Gasteiger partial charge in [-0.1, -0.05) is 38.1 Å². The van der Waals surface area contributed by atoms with Crippen LogP contribution in [0.3, 0.4) is 0 Å². The molecule has 116 valence electrons. The number of aryl methyl sites for hydroxylation is 1. The van der Waals surface area contributed by atoms with Crippen LogP contribution >= 0.6 is 0 Å². The van der Waals surface area contributed by atoms with Crippen molar-refractivity contribution >= 4 is 5.91 Å². The van der Waals surface area contributed by atoms with E-state index in [1.165, 1.54) is 11.1 Å². The maximum atomic E-state index is 12.4. The first-order valence-corrected chi connectivity index (χ1v) is 7.93. The molecule has 1 aliphatic heterocycles. The molecule has 0 saturated carbocycles. The Labute approximate surface area is 128 Å². The van der Waals surface area contributed by atoms with Crippen molar-refractivity contribution in [3.63, 3.8) is 0 Å². The van der Waals surface area contributed by atoms with Gasteiger partial charge in [-0.25, -0.2) is 0 Å². The van der Waals surface area contributed by atoms with Crippen LogP contribution in [0, 0.1) is 12.3 Å². The van der Waals surface area contributed by atoms with Gasteiger partial charge < -0.3 is 10.2 Å². The normalized spacial score (nSPS) is 20.2. The van der Waals surface area contributed by atoms with E-state index in [1.54, 1.807) is 0 Å². The highest BCUT2D eigenvalue weighted by atomic mass is 16.2. The molecule has 0 spiro atoms. The molecular formula is C18H28N2O. The number of likely N-dealkylation sites (N-methyl/N-ethyl adjacent to an activating group) is 1. The number of hydrogen-bond donors (Lipinski definition) is 1.